The van der Waals surface area contributed by atoms with E-state index in [1.54, 1.807) is 0 Å². The van der Waals surface area contributed by atoms with Gasteiger partial charge in [-0.15, -0.1) is 0 Å². The fourth-order valence-electron chi connectivity index (χ4n) is 3.12. The maximum Gasteiger partial charge on any atom is 0.330 e. The van der Waals surface area contributed by atoms with Gasteiger partial charge in [0.2, 0.25) is 5.91 Å². The van der Waals surface area contributed by atoms with Crippen molar-refractivity contribution in [3.63, 3.8) is 0 Å². The van der Waals surface area contributed by atoms with Crippen LogP contribution in [0.5, 0.6) is 0 Å². The summed E-state index contributed by atoms with van der Waals surface area (Å²) in [5.41, 5.74) is 2.30. The SMILES string of the molecule is CCCC(=O)Nn1cc2c(c1-c1cc([N+](=O)[O-])ccc1Br)c(=O)n(C)c(=O)n2C. The third-order valence-corrected chi connectivity index (χ3v) is 5.27. The second kappa shape index (κ2) is 7.66. The van der Waals surface area contributed by atoms with E-state index in [0.717, 1.165) is 4.57 Å². The third kappa shape index (κ3) is 3.48. The van der Waals surface area contributed by atoms with Crippen molar-refractivity contribution in [3.8, 4) is 11.3 Å². The monoisotopic (exact) mass is 463 g/mol. The van der Waals surface area contributed by atoms with Gasteiger partial charge in [0.25, 0.3) is 11.2 Å². The Hall–Kier alpha value is -3.21. The number of hydrogen-bond acceptors (Lipinski definition) is 5. The molecular weight excluding hydrogens is 446 g/mol. The zero-order chi connectivity index (χ0) is 21.5. The number of nitro groups is 1. The lowest BCUT2D eigenvalue weighted by Crippen LogP contribution is -2.36. The number of carbonyl (C=O) groups excluding carboxylic acids is 1. The number of nitrogens with one attached hydrogen (secondary N) is 1. The average Bonchev–Trinajstić information content (AvgIpc) is 3.04. The molecule has 3 aromatic rings. The predicted molar refractivity (Wildman–Crippen MR) is 111 cm³/mol. The molecule has 0 saturated carbocycles. The maximum absolute atomic E-state index is 12.9. The predicted octanol–water partition coefficient (Wildman–Crippen LogP) is 2.25. The highest BCUT2D eigenvalue weighted by atomic mass is 79.9. The van der Waals surface area contributed by atoms with Crippen molar-refractivity contribution < 1.29 is 9.72 Å². The number of nitro benzene ring substituents is 1. The van der Waals surface area contributed by atoms with E-state index < -0.39 is 16.2 Å². The zero-order valence-corrected chi connectivity index (χ0v) is 17.5. The van der Waals surface area contributed by atoms with E-state index in [1.807, 2.05) is 6.92 Å². The van der Waals surface area contributed by atoms with Crippen molar-refractivity contribution in [2.75, 3.05) is 5.43 Å². The molecule has 152 valence electrons. The summed E-state index contributed by atoms with van der Waals surface area (Å²) in [6, 6.07) is 4.13. The van der Waals surface area contributed by atoms with Crippen LogP contribution in [0.15, 0.2) is 38.5 Å². The number of aromatic nitrogens is 3. The van der Waals surface area contributed by atoms with Crippen molar-refractivity contribution >= 4 is 38.4 Å². The van der Waals surface area contributed by atoms with Gasteiger partial charge in [0, 0.05) is 42.7 Å². The summed E-state index contributed by atoms with van der Waals surface area (Å²) in [6.07, 6.45) is 2.33. The molecule has 10 nitrogen and oxygen atoms in total. The van der Waals surface area contributed by atoms with E-state index in [2.05, 4.69) is 21.4 Å². The molecule has 0 aliphatic carbocycles. The minimum atomic E-state index is -0.569. The summed E-state index contributed by atoms with van der Waals surface area (Å²) < 4.78 is 4.07. The van der Waals surface area contributed by atoms with Crippen molar-refractivity contribution in [2.45, 2.75) is 19.8 Å². The molecule has 0 spiro atoms. The summed E-state index contributed by atoms with van der Waals surface area (Å²) in [7, 11) is 2.86. The number of aryl methyl sites for hydroxylation is 1. The van der Waals surface area contributed by atoms with Crippen LogP contribution in [-0.2, 0) is 18.9 Å². The molecule has 0 saturated heterocycles. The minimum absolute atomic E-state index is 0.160. The highest BCUT2D eigenvalue weighted by Gasteiger charge is 2.23. The number of carbonyl (C=O) groups is 1. The molecule has 3 rings (SSSR count). The van der Waals surface area contributed by atoms with Gasteiger partial charge in [-0.2, -0.15) is 0 Å². The number of nitrogens with zero attached hydrogens (tertiary/aromatic N) is 4. The molecule has 1 amide bonds. The van der Waals surface area contributed by atoms with Crippen LogP contribution in [0.25, 0.3) is 22.2 Å². The number of rotatable bonds is 5. The molecule has 0 bridgehead atoms. The van der Waals surface area contributed by atoms with E-state index in [1.165, 1.54) is 47.7 Å². The van der Waals surface area contributed by atoms with Crippen LogP contribution in [0.1, 0.15) is 19.8 Å². The molecule has 2 heterocycles. The van der Waals surface area contributed by atoms with E-state index in [9.17, 15) is 24.5 Å². The highest BCUT2D eigenvalue weighted by molar-refractivity contribution is 9.10. The fourth-order valence-corrected chi connectivity index (χ4v) is 3.55. The molecule has 29 heavy (non-hydrogen) atoms. The molecule has 1 N–H and O–H groups in total. The zero-order valence-electron chi connectivity index (χ0n) is 15.9. The van der Waals surface area contributed by atoms with Crippen LogP contribution >= 0.6 is 15.9 Å². The van der Waals surface area contributed by atoms with Crippen LogP contribution in [0.4, 0.5) is 5.69 Å². The quantitative estimate of drug-likeness (QED) is 0.459. The minimum Gasteiger partial charge on any atom is -0.295 e. The number of halogens is 1. The van der Waals surface area contributed by atoms with Crippen LogP contribution in [0, 0.1) is 10.1 Å². The van der Waals surface area contributed by atoms with Crippen molar-refractivity contribution in [1.82, 2.24) is 13.8 Å². The van der Waals surface area contributed by atoms with Crippen molar-refractivity contribution in [1.29, 1.82) is 0 Å². The first-order chi connectivity index (χ1) is 13.7. The number of amides is 1. The second-order valence-corrected chi connectivity index (χ2v) is 7.37. The van der Waals surface area contributed by atoms with Gasteiger partial charge in [0.15, 0.2) is 0 Å². The Labute approximate surface area is 172 Å². The molecule has 0 aliphatic heterocycles. The van der Waals surface area contributed by atoms with E-state index in [0.29, 0.717) is 22.0 Å². The maximum atomic E-state index is 12.9. The lowest BCUT2D eigenvalue weighted by Gasteiger charge is -2.12. The van der Waals surface area contributed by atoms with Gasteiger partial charge in [0.1, 0.15) is 0 Å². The molecule has 0 radical (unpaired) electrons. The lowest BCUT2D eigenvalue weighted by molar-refractivity contribution is -0.384. The van der Waals surface area contributed by atoms with Gasteiger partial charge in [0.05, 0.1) is 27.7 Å². The van der Waals surface area contributed by atoms with E-state index in [-0.39, 0.29) is 29.1 Å². The summed E-state index contributed by atoms with van der Waals surface area (Å²) in [5.74, 6) is -0.294. The molecule has 0 atom stereocenters. The highest BCUT2D eigenvalue weighted by Crippen LogP contribution is 2.35. The van der Waals surface area contributed by atoms with Crippen molar-refractivity contribution in [2.24, 2.45) is 14.1 Å². The molecule has 2 aromatic heterocycles. The molecule has 0 fully saturated rings. The van der Waals surface area contributed by atoms with Gasteiger partial charge in [-0.25, -0.2) is 4.79 Å². The topological polar surface area (TPSA) is 121 Å². The third-order valence-electron chi connectivity index (χ3n) is 4.58. The normalized spacial score (nSPS) is 11.0. The Morgan fingerprint density at radius 3 is 2.55 bits per heavy atom. The van der Waals surface area contributed by atoms with Gasteiger partial charge < -0.3 is 0 Å². The standard InChI is InChI=1S/C18H18BrN5O5/c1-4-5-14(25)20-23-9-13-15(17(26)22(3)18(27)21(13)2)16(23)11-8-10(24(28)29)6-7-12(11)19/h6-9H,4-5H2,1-3H3,(H,20,25). The van der Waals surface area contributed by atoms with Gasteiger partial charge in [-0.1, -0.05) is 22.9 Å². The van der Waals surface area contributed by atoms with Crippen LogP contribution in [-0.4, -0.2) is 24.6 Å². The second-order valence-electron chi connectivity index (χ2n) is 6.52. The van der Waals surface area contributed by atoms with Gasteiger partial charge >= 0.3 is 5.69 Å². The lowest BCUT2D eigenvalue weighted by atomic mass is 10.1. The van der Waals surface area contributed by atoms with Crippen LogP contribution in [0.3, 0.4) is 0 Å². The Kier molecular flexibility index (Phi) is 5.42. The first kappa shape index (κ1) is 20.5. The number of fused-ring (bicyclic) bond motifs is 1. The summed E-state index contributed by atoms with van der Waals surface area (Å²) in [6.45, 7) is 1.85. The Bertz CT molecular complexity index is 1270. The van der Waals surface area contributed by atoms with Crippen LogP contribution < -0.4 is 16.7 Å². The van der Waals surface area contributed by atoms with Gasteiger partial charge in [-0.05, 0) is 12.5 Å². The van der Waals surface area contributed by atoms with E-state index >= 15 is 0 Å². The largest absolute Gasteiger partial charge is 0.330 e. The number of benzene rings is 1. The van der Waals surface area contributed by atoms with Crippen LogP contribution in [0.2, 0.25) is 0 Å². The summed E-state index contributed by atoms with van der Waals surface area (Å²) >= 11 is 3.37. The van der Waals surface area contributed by atoms with Crippen molar-refractivity contribution in [3.05, 3.63) is 59.8 Å². The van der Waals surface area contributed by atoms with E-state index in [4.69, 9.17) is 0 Å². The Balaban J connectivity index is 2.45. The van der Waals surface area contributed by atoms with Gasteiger partial charge in [-0.3, -0.25) is 38.9 Å². The fraction of sp³-hybridized carbons (Fsp3) is 0.278. The molecule has 0 unspecified atom stereocenters. The number of non-ortho nitro benzene ring substituents is 1. The summed E-state index contributed by atoms with van der Waals surface area (Å²) in [4.78, 5) is 48.2. The Morgan fingerprint density at radius 2 is 1.93 bits per heavy atom. The summed E-state index contributed by atoms with van der Waals surface area (Å²) in [5, 5.41) is 11.4. The first-order valence-electron chi connectivity index (χ1n) is 8.72. The average molecular weight is 464 g/mol. The smallest absolute Gasteiger partial charge is 0.295 e. The Morgan fingerprint density at radius 1 is 1.24 bits per heavy atom. The first-order valence-corrected chi connectivity index (χ1v) is 9.51. The molecular formula is C18H18BrN5O5. The molecule has 1 aromatic carbocycles. The molecule has 0 aliphatic rings. The molecule has 11 heteroatoms. The number of hydrogen-bond donors (Lipinski definition) is 1.